The Labute approximate surface area is 153 Å². The minimum absolute atomic E-state index is 0. The standard InChI is InChI=1S/C13H21N2O.Rb/c1-5-13(7-10-15-16-13)6-2-11(1)12-3-8-14-9-4-12;/h11-12,14H,1-9H2;/q-1;+1. The van der Waals surface area contributed by atoms with Crippen LogP contribution in [-0.2, 0) is 4.84 Å². The minimum Gasteiger partial charge on any atom is -0.429 e. The molecule has 1 spiro atoms. The molecule has 0 aromatic heterocycles. The van der Waals surface area contributed by atoms with E-state index in [0.717, 1.165) is 18.3 Å². The Morgan fingerprint density at radius 2 is 1.71 bits per heavy atom. The van der Waals surface area contributed by atoms with Crippen LogP contribution >= 0.6 is 0 Å². The number of nitrogens with zero attached hydrogens (tertiary/aromatic N) is 1. The van der Waals surface area contributed by atoms with Crippen LogP contribution in [0.1, 0.15) is 44.9 Å². The maximum absolute atomic E-state index is 5.52. The summed E-state index contributed by atoms with van der Waals surface area (Å²) in [6, 6.07) is 0. The molecule has 0 unspecified atom stereocenters. The number of rotatable bonds is 1. The number of hydrogen-bond acceptors (Lipinski definition) is 3. The summed E-state index contributed by atoms with van der Waals surface area (Å²) in [5.74, 6) is 1.90. The van der Waals surface area contributed by atoms with Crippen LogP contribution in [0.5, 0.6) is 0 Å². The fourth-order valence-electron chi connectivity index (χ4n) is 3.56. The van der Waals surface area contributed by atoms with Crippen molar-refractivity contribution in [2.75, 3.05) is 13.1 Å². The molecule has 3 aliphatic rings. The van der Waals surface area contributed by atoms with Gasteiger partial charge in [0.15, 0.2) is 0 Å². The van der Waals surface area contributed by atoms with Gasteiger partial charge in [0.05, 0.1) is 0 Å². The van der Waals surface area contributed by atoms with E-state index in [1.807, 2.05) is 0 Å². The van der Waals surface area contributed by atoms with E-state index in [1.54, 1.807) is 0 Å². The Bertz CT molecular complexity index is 259. The molecule has 17 heavy (non-hydrogen) atoms. The summed E-state index contributed by atoms with van der Waals surface area (Å²) < 4.78 is 0. The molecular weight excluding hydrogens is 286 g/mol. The van der Waals surface area contributed by atoms with E-state index in [-0.39, 0.29) is 63.8 Å². The molecule has 2 fully saturated rings. The molecule has 2 aliphatic heterocycles. The zero-order valence-corrected chi connectivity index (χ0v) is 15.8. The van der Waals surface area contributed by atoms with Gasteiger partial charge in [-0.05, 0) is 63.5 Å². The van der Waals surface area contributed by atoms with E-state index in [9.17, 15) is 0 Å². The molecule has 0 atom stereocenters. The van der Waals surface area contributed by atoms with Gasteiger partial charge in [-0.3, -0.25) is 0 Å². The quantitative estimate of drug-likeness (QED) is 0.644. The molecule has 1 aliphatic carbocycles. The topological polar surface area (TPSA) is 33.6 Å². The van der Waals surface area contributed by atoms with E-state index in [0.29, 0.717) is 0 Å². The van der Waals surface area contributed by atoms with E-state index in [4.69, 9.17) is 4.84 Å². The molecule has 90 valence electrons. The summed E-state index contributed by atoms with van der Waals surface area (Å²) in [5.41, 5.74) is 0.0589. The molecule has 0 aromatic carbocycles. The van der Waals surface area contributed by atoms with Crippen LogP contribution in [0.15, 0.2) is 5.16 Å². The third-order valence-corrected chi connectivity index (χ3v) is 4.70. The van der Waals surface area contributed by atoms with Gasteiger partial charge in [-0.25, -0.2) is 0 Å². The van der Waals surface area contributed by atoms with Crippen LogP contribution in [0.4, 0.5) is 0 Å². The van der Waals surface area contributed by atoms with Gasteiger partial charge in [-0.1, -0.05) is 0 Å². The SMILES string of the molecule is [C-]1=NOC2(C1)CCC(C1CCNCC1)CC2.[Rb+]. The molecule has 0 bridgehead atoms. The largest absolute Gasteiger partial charge is 1.00 e. The zero-order valence-electron chi connectivity index (χ0n) is 10.9. The van der Waals surface area contributed by atoms with Crippen molar-refractivity contribution in [3.63, 3.8) is 0 Å². The predicted octanol–water partition coefficient (Wildman–Crippen LogP) is -0.798. The fraction of sp³-hybridized carbons (Fsp3) is 0.923. The Morgan fingerprint density at radius 3 is 2.29 bits per heavy atom. The average Bonchev–Trinajstić information content (AvgIpc) is 2.80. The summed E-state index contributed by atoms with van der Waals surface area (Å²) in [5, 5.41) is 7.29. The third kappa shape index (κ3) is 3.41. The van der Waals surface area contributed by atoms with Gasteiger partial charge in [0, 0.05) is 0 Å². The van der Waals surface area contributed by atoms with Crippen molar-refractivity contribution < 1.29 is 63.0 Å². The maximum Gasteiger partial charge on any atom is 1.00 e. The Balaban J connectivity index is 0.00000108. The van der Waals surface area contributed by atoms with Crippen LogP contribution in [0.3, 0.4) is 0 Å². The van der Waals surface area contributed by atoms with Gasteiger partial charge in [-0.15, -0.1) is 6.42 Å². The van der Waals surface area contributed by atoms with Gasteiger partial charge in [0.25, 0.3) is 0 Å². The molecule has 0 amide bonds. The number of hydrogen-bond donors (Lipinski definition) is 1. The molecule has 3 rings (SSSR count). The minimum atomic E-state index is 0. The first-order valence-corrected chi connectivity index (χ1v) is 6.70. The van der Waals surface area contributed by atoms with E-state index in [2.05, 4.69) is 16.7 Å². The van der Waals surface area contributed by atoms with Gasteiger partial charge in [0.2, 0.25) is 0 Å². The van der Waals surface area contributed by atoms with Crippen molar-refractivity contribution in [3.05, 3.63) is 0 Å². The molecule has 1 saturated carbocycles. The van der Waals surface area contributed by atoms with Crippen LogP contribution in [0.25, 0.3) is 0 Å². The summed E-state index contributed by atoms with van der Waals surface area (Å²) in [4.78, 5) is 5.52. The molecule has 4 heteroatoms. The molecule has 3 nitrogen and oxygen atoms in total. The number of piperidine rings is 1. The smallest absolute Gasteiger partial charge is 0.429 e. The van der Waals surface area contributed by atoms with Gasteiger partial charge in [-0.2, -0.15) is 0 Å². The monoisotopic (exact) mass is 306 g/mol. The van der Waals surface area contributed by atoms with Gasteiger partial charge >= 0.3 is 58.2 Å². The van der Waals surface area contributed by atoms with Gasteiger partial charge < -0.3 is 21.5 Å². The second-order valence-electron chi connectivity index (χ2n) is 5.63. The van der Waals surface area contributed by atoms with Crippen molar-refractivity contribution in [1.82, 2.24) is 5.32 Å². The van der Waals surface area contributed by atoms with E-state index < -0.39 is 0 Å². The Hall–Kier alpha value is 1.24. The fourth-order valence-corrected chi connectivity index (χ4v) is 3.56. The van der Waals surface area contributed by atoms with E-state index in [1.165, 1.54) is 51.6 Å². The van der Waals surface area contributed by atoms with Crippen LogP contribution < -0.4 is 63.5 Å². The average molecular weight is 307 g/mol. The van der Waals surface area contributed by atoms with Crippen LogP contribution in [0, 0.1) is 11.8 Å². The summed E-state index contributed by atoms with van der Waals surface area (Å²) in [6.45, 7) is 2.44. The van der Waals surface area contributed by atoms with E-state index >= 15 is 0 Å². The van der Waals surface area contributed by atoms with Crippen molar-refractivity contribution >= 4 is 6.21 Å². The molecule has 0 aromatic rings. The summed E-state index contributed by atoms with van der Waals surface area (Å²) in [7, 11) is 0. The third-order valence-electron chi connectivity index (χ3n) is 4.70. The first-order chi connectivity index (χ1) is 7.88. The van der Waals surface area contributed by atoms with Crippen molar-refractivity contribution in [3.8, 4) is 0 Å². The molecule has 1 N–H and O–H groups in total. The molecule has 0 radical (unpaired) electrons. The van der Waals surface area contributed by atoms with Crippen molar-refractivity contribution in [1.29, 1.82) is 0 Å². The second-order valence-corrected chi connectivity index (χ2v) is 5.63. The predicted molar refractivity (Wildman–Crippen MR) is 63.4 cm³/mol. The summed E-state index contributed by atoms with van der Waals surface area (Å²) >= 11 is 0. The second kappa shape index (κ2) is 6.60. The normalized spacial score (nSPS) is 37.8. The zero-order chi connectivity index (χ0) is 10.8. The molecule has 2 heterocycles. The summed E-state index contributed by atoms with van der Waals surface area (Å²) in [6.07, 6.45) is 11.7. The Kier molecular flexibility index (Phi) is 5.68. The number of nitrogens with one attached hydrogen (secondary N) is 1. The van der Waals surface area contributed by atoms with Crippen molar-refractivity contribution in [2.24, 2.45) is 17.0 Å². The van der Waals surface area contributed by atoms with Gasteiger partial charge in [0.1, 0.15) is 5.60 Å². The molecule has 1 saturated heterocycles. The maximum atomic E-state index is 5.52. The van der Waals surface area contributed by atoms with Crippen LogP contribution in [-0.4, -0.2) is 24.9 Å². The first-order valence-electron chi connectivity index (χ1n) is 6.70. The van der Waals surface area contributed by atoms with Crippen LogP contribution in [0.2, 0.25) is 0 Å². The first kappa shape index (κ1) is 14.6. The van der Waals surface area contributed by atoms with Crippen molar-refractivity contribution in [2.45, 2.75) is 50.5 Å². The molecular formula is C13H21N2ORb. The Morgan fingerprint density at radius 1 is 1.06 bits per heavy atom.